The summed E-state index contributed by atoms with van der Waals surface area (Å²) in [4.78, 5) is 13.0. The molecule has 0 fully saturated rings. The molecule has 1 aliphatic carbocycles. The SMILES string of the molecule is O=C1C=C(SCc2c(F)cccc2Cl)C[C@@H](c2ccccc2)C1. The third kappa shape index (κ3) is 4.04. The van der Waals surface area contributed by atoms with E-state index in [1.54, 1.807) is 18.2 Å². The maximum Gasteiger partial charge on any atom is 0.157 e. The smallest absolute Gasteiger partial charge is 0.157 e. The summed E-state index contributed by atoms with van der Waals surface area (Å²) in [6.07, 6.45) is 3.04. The van der Waals surface area contributed by atoms with Gasteiger partial charge in [0.2, 0.25) is 0 Å². The van der Waals surface area contributed by atoms with Crippen molar-refractivity contribution in [1.82, 2.24) is 0 Å². The van der Waals surface area contributed by atoms with Crippen molar-refractivity contribution in [1.29, 1.82) is 0 Å². The minimum Gasteiger partial charge on any atom is -0.295 e. The molecule has 0 spiro atoms. The molecule has 0 aliphatic heterocycles. The molecular formula is C19H16ClFOS. The molecule has 23 heavy (non-hydrogen) atoms. The molecular weight excluding hydrogens is 331 g/mol. The molecule has 1 aliphatic rings. The molecule has 0 amide bonds. The Hall–Kier alpha value is -1.58. The lowest BCUT2D eigenvalue weighted by Gasteiger charge is -2.22. The van der Waals surface area contributed by atoms with Gasteiger partial charge in [-0.3, -0.25) is 4.79 Å². The zero-order chi connectivity index (χ0) is 16.2. The number of thioether (sulfide) groups is 1. The van der Waals surface area contributed by atoms with Gasteiger partial charge >= 0.3 is 0 Å². The molecule has 0 aromatic heterocycles. The Kier molecular flexibility index (Phi) is 5.19. The number of carbonyl (C=O) groups excluding carboxylic acids is 1. The van der Waals surface area contributed by atoms with E-state index in [1.165, 1.54) is 23.4 Å². The second kappa shape index (κ2) is 7.33. The normalized spacial score (nSPS) is 17.9. The highest BCUT2D eigenvalue weighted by molar-refractivity contribution is 8.02. The molecule has 0 bridgehead atoms. The van der Waals surface area contributed by atoms with E-state index < -0.39 is 0 Å². The van der Waals surface area contributed by atoms with Gasteiger partial charge in [-0.15, -0.1) is 11.8 Å². The first-order valence-electron chi connectivity index (χ1n) is 7.47. The summed E-state index contributed by atoms with van der Waals surface area (Å²) in [6, 6.07) is 14.8. The first-order chi connectivity index (χ1) is 11.1. The van der Waals surface area contributed by atoms with Crippen LogP contribution >= 0.6 is 23.4 Å². The van der Waals surface area contributed by atoms with Crippen LogP contribution in [0.1, 0.15) is 29.9 Å². The summed E-state index contributed by atoms with van der Waals surface area (Å²) in [5, 5.41) is 0.430. The van der Waals surface area contributed by atoms with Gasteiger partial charge in [0, 0.05) is 22.8 Å². The van der Waals surface area contributed by atoms with Crippen LogP contribution in [-0.2, 0) is 10.5 Å². The minimum atomic E-state index is -0.299. The fourth-order valence-electron chi connectivity index (χ4n) is 2.75. The number of ketones is 1. The van der Waals surface area contributed by atoms with Gasteiger partial charge in [0.25, 0.3) is 0 Å². The maximum absolute atomic E-state index is 13.8. The number of hydrogen-bond donors (Lipinski definition) is 0. The van der Waals surface area contributed by atoms with E-state index >= 15 is 0 Å². The summed E-state index contributed by atoms with van der Waals surface area (Å²) in [6.45, 7) is 0. The highest BCUT2D eigenvalue weighted by atomic mass is 35.5. The minimum absolute atomic E-state index is 0.132. The van der Waals surface area contributed by atoms with Gasteiger partial charge in [-0.2, -0.15) is 0 Å². The number of allylic oxidation sites excluding steroid dienone is 2. The van der Waals surface area contributed by atoms with Crippen LogP contribution in [0.4, 0.5) is 4.39 Å². The van der Waals surface area contributed by atoms with Crippen molar-refractivity contribution < 1.29 is 9.18 Å². The molecule has 0 saturated carbocycles. The van der Waals surface area contributed by atoms with Crippen molar-refractivity contribution in [3.8, 4) is 0 Å². The van der Waals surface area contributed by atoms with Gasteiger partial charge in [0.1, 0.15) is 5.82 Å². The van der Waals surface area contributed by atoms with E-state index in [-0.39, 0.29) is 17.5 Å². The first-order valence-corrected chi connectivity index (χ1v) is 8.84. The second-order valence-corrected chi connectivity index (χ2v) is 7.09. The van der Waals surface area contributed by atoms with Gasteiger partial charge in [-0.25, -0.2) is 4.39 Å². The summed E-state index contributed by atoms with van der Waals surface area (Å²) < 4.78 is 13.8. The van der Waals surface area contributed by atoms with Crippen LogP contribution in [0.5, 0.6) is 0 Å². The number of hydrogen-bond acceptors (Lipinski definition) is 2. The lowest BCUT2D eigenvalue weighted by Crippen LogP contribution is -2.11. The van der Waals surface area contributed by atoms with Gasteiger partial charge < -0.3 is 0 Å². The zero-order valence-corrected chi connectivity index (χ0v) is 14.0. The maximum atomic E-state index is 13.8. The van der Waals surface area contributed by atoms with E-state index in [0.29, 0.717) is 22.8 Å². The van der Waals surface area contributed by atoms with Gasteiger partial charge in [-0.1, -0.05) is 48.0 Å². The lowest BCUT2D eigenvalue weighted by atomic mass is 9.87. The van der Waals surface area contributed by atoms with E-state index in [4.69, 9.17) is 11.6 Å². The van der Waals surface area contributed by atoms with Crippen molar-refractivity contribution in [3.05, 3.63) is 81.5 Å². The van der Waals surface area contributed by atoms with Crippen molar-refractivity contribution in [2.75, 3.05) is 0 Å². The monoisotopic (exact) mass is 346 g/mol. The summed E-state index contributed by atoms with van der Waals surface area (Å²) in [5.74, 6) is 0.471. The Morgan fingerprint density at radius 2 is 1.87 bits per heavy atom. The summed E-state index contributed by atoms with van der Waals surface area (Å²) >= 11 is 7.56. The van der Waals surface area contributed by atoms with Crippen molar-refractivity contribution in [2.24, 2.45) is 0 Å². The predicted molar refractivity (Wildman–Crippen MR) is 94.2 cm³/mol. The molecule has 0 unspecified atom stereocenters. The van der Waals surface area contributed by atoms with Gasteiger partial charge in [0.05, 0.1) is 0 Å². The van der Waals surface area contributed by atoms with Crippen LogP contribution in [0.3, 0.4) is 0 Å². The molecule has 0 heterocycles. The van der Waals surface area contributed by atoms with Crippen LogP contribution in [0.15, 0.2) is 59.5 Å². The number of rotatable bonds is 4. The molecule has 1 nitrogen and oxygen atoms in total. The predicted octanol–water partition coefficient (Wildman–Crippen LogP) is 5.74. The highest BCUT2D eigenvalue weighted by Crippen LogP contribution is 2.38. The number of carbonyl (C=O) groups is 1. The van der Waals surface area contributed by atoms with E-state index in [0.717, 1.165) is 11.3 Å². The van der Waals surface area contributed by atoms with E-state index in [1.807, 2.05) is 18.2 Å². The zero-order valence-electron chi connectivity index (χ0n) is 12.5. The molecule has 118 valence electrons. The largest absolute Gasteiger partial charge is 0.295 e. The van der Waals surface area contributed by atoms with E-state index in [2.05, 4.69) is 12.1 Å². The third-order valence-corrected chi connectivity index (χ3v) is 5.39. The van der Waals surface area contributed by atoms with Crippen LogP contribution in [-0.4, -0.2) is 5.78 Å². The van der Waals surface area contributed by atoms with Crippen LogP contribution in [0.25, 0.3) is 0 Å². The fraction of sp³-hybridized carbons (Fsp3) is 0.211. The Balaban J connectivity index is 1.72. The Morgan fingerprint density at radius 1 is 1.09 bits per heavy atom. The first kappa shape index (κ1) is 16.3. The molecule has 0 radical (unpaired) electrons. The molecule has 0 N–H and O–H groups in total. The molecule has 1 atom stereocenters. The van der Waals surface area contributed by atoms with Crippen LogP contribution in [0.2, 0.25) is 5.02 Å². The standard InChI is InChI=1S/C19H16ClFOS/c20-18-7-4-8-19(21)17(18)12-23-16-10-14(9-15(22)11-16)13-5-2-1-3-6-13/h1-8,11,14H,9-10,12H2/t14-/m0/s1. The average Bonchev–Trinajstić information content (AvgIpc) is 2.55. The van der Waals surface area contributed by atoms with Crippen molar-refractivity contribution in [3.63, 3.8) is 0 Å². The lowest BCUT2D eigenvalue weighted by molar-refractivity contribution is -0.115. The molecule has 2 aromatic carbocycles. The van der Waals surface area contributed by atoms with Crippen LogP contribution < -0.4 is 0 Å². The average molecular weight is 347 g/mol. The second-order valence-electron chi connectivity index (χ2n) is 5.58. The quantitative estimate of drug-likeness (QED) is 0.701. The van der Waals surface area contributed by atoms with Crippen LogP contribution in [0, 0.1) is 5.82 Å². The Morgan fingerprint density at radius 3 is 2.61 bits per heavy atom. The summed E-state index contributed by atoms with van der Waals surface area (Å²) in [5.41, 5.74) is 1.67. The molecule has 4 heteroatoms. The Bertz CT molecular complexity index is 722. The van der Waals surface area contributed by atoms with E-state index in [9.17, 15) is 9.18 Å². The van der Waals surface area contributed by atoms with Gasteiger partial charge in [-0.05, 0) is 41.0 Å². The van der Waals surface area contributed by atoms with Crippen molar-refractivity contribution >= 4 is 29.1 Å². The Labute approximate surface area is 144 Å². The molecule has 0 saturated heterocycles. The topological polar surface area (TPSA) is 17.1 Å². The fourth-order valence-corrected chi connectivity index (χ4v) is 4.22. The number of benzene rings is 2. The van der Waals surface area contributed by atoms with Gasteiger partial charge in [0.15, 0.2) is 5.78 Å². The highest BCUT2D eigenvalue weighted by Gasteiger charge is 2.22. The molecule has 2 aromatic rings. The summed E-state index contributed by atoms with van der Waals surface area (Å²) in [7, 11) is 0. The molecule has 3 rings (SSSR count). The third-order valence-electron chi connectivity index (χ3n) is 3.95. The number of halogens is 2. The van der Waals surface area contributed by atoms with Crippen molar-refractivity contribution in [2.45, 2.75) is 24.5 Å².